The molecule has 0 aromatic heterocycles. The van der Waals surface area contributed by atoms with Crippen LogP contribution in [-0.2, 0) is 0 Å². The lowest BCUT2D eigenvalue weighted by molar-refractivity contribution is 0.259. The molecule has 0 heterocycles. The summed E-state index contributed by atoms with van der Waals surface area (Å²) in [7, 11) is 0. The van der Waals surface area contributed by atoms with Gasteiger partial charge in [-0.15, -0.1) is 0 Å². The topological polar surface area (TPSA) is 20.2 Å². The van der Waals surface area contributed by atoms with Crippen molar-refractivity contribution in [1.29, 1.82) is 0 Å². The summed E-state index contributed by atoms with van der Waals surface area (Å²) in [5, 5.41) is 9.02. The van der Waals surface area contributed by atoms with Crippen LogP contribution < -0.4 is 0 Å². The van der Waals surface area contributed by atoms with Gasteiger partial charge in [0.05, 0.1) is 0 Å². The molecule has 0 spiro atoms. The van der Waals surface area contributed by atoms with E-state index in [1.165, 1.54) is 90.4 Å². The summed E-state index contributed by atoms with van der Waals surface area (Å²) < 4.78 is 0. The number of aliphatic hydroxyl groups is 1. The lowest BCUT2D eigenvalue weighted by atomic mass is 10.0. The molecular formula is C40H68O. The lowest BCUT2D eigenvalue weighted by Crippen LogP contribution is -1.97. The molecule has 0 bridgehead atoms. The van der Waals surface area contributed by atoms with Crippen molar-refractivity contribution in [2.45, 2.75) is 159 Å². The molecule has 1 N–H and O–H groups in total. The average Bonchev–Trinajstić information content (AvgIpc) is 2.88. The molecule has 0 aliphatic heterocycles. The van der Waals surface area contributed by atoms with Crippen LogP contribution >= 0.6 is 0 Å². The second-order valence-corrected chi connectivity index (χ2v) is 13.0. The first-order chi connectivity index (χ1) is 19.5. The maximum Gasteiger partial charge on any atom is 0.0433 e. The summed E-state index contributed by atoms with van der Waals surface area (Å²) in [5.74, 6) is 0.620. The molecule has 0 aromatic rings. The van der Waals surface area contributed by atoms with Gasteiger partial charge in [0.1, 0.15) is 0 Å². The predicted molar refractivity (Wildman–Crippen MR) is 187 cm³/mol. The normalized spacial score (nSPS) is 15.0. The third-order valence-corrected chi connectivity index (χ3v) is 8.02. The number of allylic oxidation sites excluding steroid dienone is 14. The Labute approximate surface area is 257 Å². The minimum absolute atomic E-state index is 0.313. The number of rotatable bonds is 23. The third-order valence-electron chi connectivity index (χ3n) is 8.02. The highest BCUT2D eigenvalue weighted by molar-refractivity contribution is 5.09. The van der Waals surface area contributed by atoms with E-state index in [1.54, 1.807) is 0 Å². The largest absolute Gasteiger partial charge is 0.396 e. The zero-order valence-corrected chi connectivity index (χ0v) is 28.9. The van der Waals surface area contributed by atoms with Crippen LogP contribution in [0.3, 0.4) is 0 Å². The lowest BCUT2D eigenvalue weighted by Gasteiger charge is -2.07. The highest BCUT2D eigenvalue weighted by Gasteiger charge is 2.00. The Morgan fingerprint density at radius 3 is 0.951 bits per heavy atom. The minimum Gasteiger partial charge on any atom is -0.396 e. The highest BCUT2D eigenvalue weighted by Crippen LogP contribution is 2.17. The second kappa shape index (κ2) is 25.8. The highest BCUT2D eigenvalue weighted by atomic mass is 16.3. The molecule has 0 radical (unpaired) electrons. The monoisotopic (exact) mass is 565 g/mol. The fourth-order valence-corrected chi connectivity index (χ4v) is 4.91. The Morgan fingerprint density at radius 1 is 0.415 bits per heavy atom. The SMILES string of the molecule is CC(C)=CCC/C(C)=C/CC/C(C)=C/CC/C(C)=C\CC/C(C)=C/CC/C(C)=C/CC/C(C)=C/CC[C@@H](C)CCO. The Balaban J connectivity index is 4.16. The summed E-state index contributed by atoms with van der Waals surface area (Å²) in [5.41, 5.74) is 10.5. The minimum atomic E-state index is 0.313. The molecule has 234 valence electrons. The molecule has 1 nitrogen and oxygen atoms in total. The van der Waals surface area contributed by atoms with E-state index in [9.17, 15) is 0 Å². The Hall–Kier alpha value is -1.86. The summed E-state index contributed by atoms with van der Waals surface area (Å²) in [6, 6.07) is 0. The molecule has 0 fully saturated rings. The van der Waals surface area contributed by atoms with Gasteiger partial charge in [-0.3, -0.25) is 0 Å². The van der Waals surface area contributed by atoms with Gasteiger partial charge in [0, 0.05) is 6.61 Å². The van der Waals surface area contributed by atoms with Crippen LogP contribution in [0.2, 0.25) is 0 Å². The van der Waals surface area contributed by atoms with Gasteiger partial charge in [0.15, 0.2) is 0 Å². The van der Waals surface area contributed by atoms with Crippen molar-refractivity contribution in [1.82, 2.24) is 0 Å². The molecule has 1 heteroatoms. The molecule has 0 aliphatic rings. The number of hydrogen-bond acceptors (Lipinski definition) is 1. The Kier molecular flexibility index (Phi) is 24.6. The van der Waals surface area contributed by atoms with Crippen LogP contribution in [0.5, 0.6) is 0 Å². The summed E-state index contributed by atoms with van der Waals surface area (Å²) in [4.78, 5) is 0. The summed E-state index contributed by atoms with van der Waals surface area (Å²) in [6.07, 6.45) is 34.2. The molecule has 0 aliphatic carbocycles. The van der Waals surface area contributed by atoms with Crippen molar-refractivity contribution in [3.8, 4) is 0 Å². The van der Waals surface area contributed by atoms with E-state index in [-0.39, 0.29) is 0 Å². The molecule has 0 aromatic carbocycles. The molecule has 41 heavy (non-hydrogen) atoms. The van der Waals surface area contributed by atoms with E-state index in [2.05, 4.69) is 105 Å². The van der Waals surface area contributed by atoms with E-state index in [0.29, 0.717) is 12.5 Å². The van der Waals surface area contributed by atoms with Gasteiger partial charge in [-0.25, -0.2) is 0 Å². The predicted octanol–water partition coefficient (Wildman–Crippen LogP) is 13.1. The third kappa shape index (κ3) is 26.8. The van der Waals surface area contributed by atoms with Gasteiger partial charge in [0.25, 0.3) is 0 Å². The molecule has 0 saturated carbocycles. The number of aliphatic hydroxyl groups excluding tert-OH is 1. The van der Waals surface area contributed by atoms with Crippen LogP contribution in [0.25, 0.3) is 0 Å². The van der Waals surface area contributed by atoms with Crippen molar-refractivity contribution >= 4 is 0 Å². The zero-order chi connectivity index (χ0) is 30.9. The van der Waals surface area contributed by atoms with Crippen LogP contribution in [-0.4, -0.2) is 11.7 Å². The molecule has 0 saturated heterocycles. The first-order valence-corrected chi connectivity index (χ1v) is 16.7. The first kappa shape index (κ1) is 39.1. The Morgan fingerprint density at radius 2 is 0.683 bits per heavy atom. The van der Waals surface area contributed by atoms with E-state index in [4.69, 9.17) is 5.11 Å². The van der Waals surface area contributed by atoms with Gasteiger partial charge in [-0.2, -0.15) is 0 Å². The van der Waals surface area contributed by atoms with Gasteiger partial charge >= 0.3 is 0 Å². The maximum atomic E-state index is 9.02. The van der Waals surface area contributed by atoms with Crippen molar-refractivity contribution in [3.63, 3.8) is 0 Å². The van der Waals surface area contributed by atoms with Gasteiger partial charge in [-0.05, 0) is 158 Å². The van der Waals surface area contributed by atoms with Crippen molar-refractivity contribution in [2.24, 2.45) is 5.92 Å². The second-order valence-electron chi connectivity index (χ2n) is 13.0. The fourth-order valence-electron chi connectivity index (χ4n) is 4.91. The van der Waals surface area contributed by atoms with E-state index in [0.717, 1.165) is 44.9 Å². The quantitative estimate of drug-likeness (QED) is 0.122. The molecule has 0 rings (SSSR count). The molecule has 0 unspecified atom stereocenters. The van der Waals surface area contributed by atoms with Crippen LogP contribution in [0, 0.1) is 5.92 Å². The average molecular weight is 565 g/mol. The molecule has 1 atom stereocenters. The van der Waals surface area contributed by atoms with Gasteiger partial charge in [-0.1, -0.05) is 88.5 Å². The van der Waals surface area contributed by atoms with Crippen molar-refractivity contribution in [3.05, 3.63) is 81.5 Å². The molecule has 0 amide bonds. The summed E-state index contributed by atoms with van der Waals surface area (Å²) >= 11 is 0. The zero-order valence-electron chi connectivity index (χ0n) is 28.9. The van der Waals surface area contributed by atoms with Crippen LogP contribution in [0.15, 0.2) is 81.5 Å². The first-order valence-electron chi connectivity index (χ1n) is 16.7. The smallest absolute Gasteiger partial charge is 0.0433 e. The van der Waals surface area contributed by atoms with E-state index >= 15 is 0 Å². The van der Waals surface area contributed by atoms with Crippen molar-refractivity contribution < 1.29 is 5.11 Å². The Bertz CT molecular complexity index is 895. The van der Waals surface area contributed by atoms with Crippen LogP contribution in [0.1, 0.15) is 159 Å². The van der Waals surface area contributed by atoms with E-state index < -0.39 is 0 Å². The van der Waals surface area contributed by atoms with Gasteiger partial charge in [0.2, 0.25) is 0 Å². The van der Waals surface area contributed by atoms with Crippen molar-refractivity contribution in [2.75, 3.05) is 6.61 Å². The summed E-state index contributed by atoms with van der Waals surface area (Å²) in [6.45, 7) is 20.6. The maximum absolute atomic E-state index is 9.02. The van der Waals surface area contributed by atoms with Crippen LogP contribution in [0.4, 0.5) is 0 Å². The van der Waals surface area contributed by atoms with Gasteiger partial charge < -0.3 is 5.11 Å². The fraction of sp³-hybridized carbons (Fsp3) is 0.650. The standard InChI is InChI=1S/C40H68O/c1-33(2)17-10-18-34(3)19-11-20-35(4)21-12-22-36(5)23-13-24-37(6)25-14-26-38(7)27-15-28-39(8)29-16-30-40(9)31-32-41/h17,19,21,23,25,27,29,40-41H,10-16,18,20,22,24,26,28,30-32H2,1-9H3/b34-19+,35-21+,36-23-,37-25+,38-27+,39-29+/t40-/m1/s1. The van der Waals surface area contributed by atoms with E-state index in [1.807, 2.05) is 0 Å². The molecular weight excluding hydrogens is 496 g/mol. The number of hydrogen-bond donors (Lipinski definition) is 1.